The van der Waals surface area contributed by atoms with Gasteiger partial charge in [-0.2, -0.15) is 0 Å². The number of aliphatic carboxylic acids is 1. The number of nitrogens with one attached hydrogen (secondary N) is 2. The fourth-order valence-electron chi connectivity index (χ4n) is 2.85. The quantitative estimate of drug-likeness (QED) is 0.742. The van der Waals surface area contributed by atoms with Crippen molar-refractivity contribution in [1.82, 2.24) is 10.9 Å². The Kier molecular flexibility index (Phi) is 6.17. The zero-order chi connectivity index (χ0) is 17.5. The van der Waals surface area contributed by atoms with Crippen molar-refractivity contribution in [2.75, 3.05) is 6.61 Å². The van der Waals surface area contributed by atoms with E-state index in [1.807, 2.05) is 19.1 Å². The Labute approximate surface area is 140 Å². The first-order chi connectivity index (χ1) is 11.5. The van der Waals surface area contributed by atoms with Gasteiger partial charge in [-0.1, -0.05) is 31.0 Å². The monoisotopic (exact) mass is 333 g/mol. The van der Waals surface area contributed by atoms with Crippen LogP contribution in [0.4, 0.5) is 0 Å². The van der Waals surface area contributed by atoms with Crippen LogP contribution in [0.3, 0.4) is 0 Å². The number of carboxylic acids is 1. The molecule has 130 valence electrons. The van der Waals surface area contributed by atoms with E-state index in [-0.39, 0.29) is 6.61 Å². The summed E-state index contributed by atoms with van der Waals surface area (Å²) in [6.07, 6.45) is 2.44. The average Bonchev–Trinajstić information content (AvgIpc) is 2.59. The number of rotatable bonds is 5. The van der Waals surface area contributed by atoms with Crippen LogP contribution >= 0.6 is 0 Å². The molecule has 0 saturated heterocycles. The van der Waals surface area contributed by atoms with Gasteiger partial charge in [-0.3, -0.25) is 20.4 Å². The first-order valence-electron chi connectivity index (χ1n) is 7.97. The van der Waals surface area contributed by atoms with Gasteiger partial charge in [0.1, 0.15) is 5.75 Å². The standard InChI is InChI=1S/C17H22N2O5/c1-11-6-2-5-9-14(11)24-10-15(20)18-19-16(21)12-7-3-4-8-13(12)17(22)23/h2,5-6,9,12-13H,3-4,7-8,10H2,1H3,(H,18,20)(H,19,21)(H,22,23)/p-1/t12-,13-/m1/s1. The summed E-state index contributed by atoms with van der Waals surface area (Å²) < 4.78 is 5.37. The van der Waals surface area contributed by atoms with Crippen molar-refractivity contribution in [1.29, 1.82) is 0 Å². The van der Waals surface area contributed by atoms with Crippen LogP contribution < -0.4 is 20.7 Å². The highest BCUT2D eigenvalue weighted by Gasteiger charge is 2.31. The Bertz CT molecular complexity index is 617. The molecule has 24 heavy (non-hydrogen) atoms. The van der Waals surface area contributed by atoms with Gasteiger partial charge >= 0.3 is 0 Å². The smallest absolute Gasteiger partial charge is 0.276 e. The number of hydrogen-bond acceptors (Lipinski definition) is 5. The maximum atomic E-state index is 12.1. The molecule has 2 amide bonds. The number of ether oxygens (including phenoxy) is 1. The van der Waals surface area contributed by atoms with Crippen LogP contribution in [-0.4, -0.2) is 24.4 Å². The summed E-state index contributed by atoms with van der Waals surface area (Å²) in [7, 11) is 0. The highest BCUT2D eigenvalue weighted by Crippen LogP contribution is 2.29. The van der Waals surface area contributed by atoms with E-state index in [0.717, 1.165) is 18.4 Å². The lowest BCUT2D eigenvalue weighted by Gasteiger charge is -2.31. The average molecular weight is 333 g/mol. The van der Waals surface area contributed by atoms with Crippen molar-refractivity contribution in [2.45, 2.75) is 32.6 Å². The van der Waals surface area contributed by atoms with Gasteiger partial charge in [-0.15, -0.1) is 0 Å². The normalized spacial score (nSPS) is 20.0. The topological polar surface area (TPSA) is 108 Å². The molecule has 0 aromatic heterocycles. The zero-order valence-corrected chi connectivity index (χ0v) is 13.5. The maximum Gasteiger partial charge on any atom is 0.276 e. The van der Waals surface area contributed by atoms with Crippen LogP contribution in [0.1, 0.15) is 31.2 Å². The Morgan fingerprint density at radius 3 is 2.46 bits per heavy atom. The fourth-order valence-corrected chi connectivity index (χ4v) is 2.85. The molecule has 7 nitrogen and oxygen atoms in total. The highest BCUT2D eigenvalue weighted by atomic mass is 16.5. The van der Waals surface area contributed by atoms with Gasteiger partial charge in [0, 0.05) is 17.8 Å². The van der Waals surface area contributed by atoms with E-state index < -0.39 is 29.6 Å². The summed E-state index contributed by atoms with van der Waals surface area (Å²) in [4.78, 5) is 34.9. The Morgan fingerprint density at radius 2 is 1.79 bits per heavy atom. The van der Waals surface area contributed by atoms with Crippen LogP contribution in [0, 0.1) is 18.8 Å². The lowest BCUT2D eigenvalue weighted by Crippen LogP contribution is -2.50. The van der Waals surface area contributed by atoms with E-state index in [0.29, 0.717) is 18.6 Å². The minimum atomic E-state index is -1.22. The largest absolute Gasteiger partial charge is 0.550 e. The zero-order valence-electron chi connectivity index (χ0n) is 13.5. The number of hydrazine groups is 1. The summed E-state index contributed by atoms with van der Waals surface area (Å²) in [5.74, 6) is -3.15. The number of para-hydroxylation sites is 1. The van der Waals surface area contributed by atoms with Gasteiger partial charge in [-0.25, -0.2) is 0 Å². The SMILES string of the molecule is Cc1ccccc1OCC(=O)NNC(=O)[C@@H]1CCCC[C@H]1C(=O)[O-]. The molecule has 7 heteroatoms. The summed E-state index contributed by atoms with van der Waals surface area (Å²) in [6, 6.07) is 7.26. The second kappa shape index (κ2) is 8.33. The van der Waals surface area contributed by atoms with Crippen molar-refractivity contribution in [3.63, 3.8) is 0 Å². The minimum Gasteiger partial charge on any atom is -0.550 e. The Morgan fingerprint density at radius 1 is 1.12 bits per heavy atom. The van der Waals surface area contributed by atoms with Crippen molar-refractivity contribution in [3.8, 4) is 5.75 Å². The third-order valence-corrected chi connectivity index (χ3v) is 4.18. The molecular weight excluding hydrogens is 312 g/mol. The third kappa shape index (κ3) is 4.71. The summed E-state index contributed by atoms with van der Waals surface area (Å²) in [5.41, 5.74) is 5.43. The van der Waals surface area contributed by atoms with Gasteiger partial charge in [0.25, 0.3) is 5.91 Å². The maximum absolute atomic E-state index is 12.1. The van der Waals surface area contributed by atoms with Crippen LogP contribution in [-0.2, 0) is 14.4 Å². The molecule has 2 N–H and O–H groups in total. The predicted octanol–water partition coefficient (Wildman–Crippen LogP) is 0.0775. The molecule has 0 unspecified atom stereocenters. The minimum absolute atomic E-state index is 0.250. The van der Waals surface area contributed by atoms with Crippen LogP contribution in [0.25, 0.3) is 0 Å². The van der Waals surface area contributed by atoms with Crippen LogP contribution in [0.2, 0.25) is 0 Å². The lowest BCUT2D eigenvalue weighted by molar-refractivity contribution is -0.314. The van der Waals surface area contributed by atoms with E-state index >= 15 is 0 Å². The van der Waals surface area contributed by atoms with Gasteiger partial charge in [0.2, 0.25) is 5.91 Å². The molecule has 0 heterocycles. The number of carbonyl (C=O) groups excluding carboxylic acids is 3. The number of hydrogen-bond donors (Lipinski definition) is 2. The van der Waals surface area contributed by atoms with Crippen molar-refractivity contribution in [2.24, 2.45) is 11.8 Å². The summed E-state index contributed by atoms with van der Waals surface area (Å²) in [5, 5.41) is 11.1. The number of carbonyl (C=O) groups is 3. The van der Waals surface area contributed by atoms with E-state index in [9.17, 15) is 19.5 Å². The highest BCUT2D eigenvalue weighted by molar-refractivity contribution is 5.87. The molecule has 0 spiro atoms. The van der Waals surface area contributed by atoms with Crippen LogP contribution in [0.5, 0.6) is 5.75 Å². The molecule has 0 radical (unpaired) electrons. The first-order valence-corrected chi connectivity index (χ1v) is 7.97. The third-order valence-electron chi connectivity index (χ3n) is 4.18. The molecule has 0 bridgehead atoms. The second-order valence-electron chi connectivity index (χ2n) is 5.91. The van der Waals surface area contributed by atoms with E-state index in [4.69, 9.17) is 4.74 Å². The molecule has 1 aromatic carbocycles. The van der Waals surface area contributed by atoms with E-state index in [2.05, 4.69) is 10.9 Å². The molecule has 0 aliphatic heterocycles. The molecular formula is C17H21N2O5-. The lowest BCUT2D eigenvalue weighted by atomic mass is 9.79. The fraction of sp³-hybridized carbons (Fsp3) is 0.471. The first kappa shape index (κ1) is 17.8. The molecule has 1 aliphatic rings. The van der Waals surface area contributed by atoms with E-state index in [1.54, 1.807) is 12.1 Å². The Balaban J connectivity index is 1.79. The van der Waals surface area contributed by atoms with Crippen molar-refractivity contribution < 1.29 is 24.2 Å². The molecule has 1 saturated carbocycles. The van der Waals surface area contributed by atoms with Crippen LogP contribution in [0.15, 0.2) is 24.3 Å². The molecule has 1 aliphatic carbocycles. The van der Waals surface area contributed by atoms with Gasteiger partial charge in [-0.05, 0) is 31.4 Å². The second-order valence-corrected chi connectivity index (χ2v) is 5.91. The molecule has 1 fully saturated rings. The molecule has 2 rings (SSSR count). The molecule has 1 aromatic rings. The van der Waals surface area contributed by atoms with E-state index in [1.165, 1.54) is 0 Å². The van der Waals surface area contributed by atoms with Gasteiger partial charge in [0.05, 0.1) is 0 Å². The summed E-state index contributed by atoms with van der Waals surface area (Å²) in [6.45, 7) is 1.61. The number of carboxylic acid groups (broad SMARTS) is 1. The van der Waals surface area contributed by atoms with Gasteiger partial charge in [0.15, 0.2) is 6.61 Å². The van der Waals surface area contributed by atoms with Crippen molar-refractivity contribution >= 4 is 17.8 Å². The number of amides is 2. The number of aryl methyl sites for hydroxylation is 1. The number of benzene rings is 1. The van der Waals surface area contributed by atoms with Gasteiger partial charge < -0.3 is 14.6 Å². The van der Waals surface area contributed by atoms with Crippen molar-refractivity contribution in [3.05, 3.63) is 29.8 Å². The Hall–Kier alpha value is -2.57. The summed E-state index contributed by atoms with van der Waals surface area (Å²) >= 11 is 0. The molecule has 2 atom stereocenters. The predicted molar refractivity (Wildman–Crippen MR) is 83.4 cm³/mol.